The van der Waals surface area contributed by atoms with E-state index in [-0.39, 0.29) is 5.78 Å². The van der Waals surface area contributed by atoms with Gasteiger partial charge in [0.1, 0.15) is 17.3 Å². The molecule has 0 aromatic heterocycles. The molecule has 0 fully saturated rings. The molecule has 0 aliphatic carbocycles. The van der Waals surface area contributed by atoms with Crippen LogP contribution in [0.2, 0.25) is 0 Å². The summed E-state index contributed by atoms with van der Waals surface area (Å²) >= 11 is 0. The average Bonchev–Trinajstić information content (AvgIpc) is 2.49. The van der Waals surface area contributed by atoms with Gasteiger partial charge in [0.25, 0.3) is 0 Å². The molecular formula is C18H32O4. The monoisotopic (exact) mass is 312 g/mol. The second-order valence-corrected chi connectivity index (χ2v) is 6.05. The van der Waals surface area contributed by atoms with Gasteiger partial charge in [-0.05, 0) is 32.6 Å². The van der Waals surface area contributed by atoms with Gasteiger partial charge >= 0.3 is 0 Å². The van der Waals surface area contributed by atoms with Gasteiger partial charge in [0.2, 0.25) is 0 Å². The average molecular weight is 312 g/mol. The molecule has 4 heteroatoms. The summed E-state index contributed by atoms with van der Waals surface area (Å²) in [6, 6.07) is 0. The van der Waals surface area contributed by atoms with Crippen molar-refractivity contribution in [3.63, 3.8) is 0 Å². The van der Waals surface area contributed by atoms with Crippen molar-refractivity contribution in [2.75, 3.05) is 0 Å². The summed E-state index contributed by atoms with van der Waals surface area (Å²) in [5, 5.41) is 8.33. The Bertz CT molecular complexity index is 323. The van der Waals surface area contributed by atoms with Crippen LogP contribution in [0.5, 0.6) is 0 Å². The molecule has 4 nitrogen and oxygen atoms in total. The fraction of sp³-hybridized carbons (Fsp3) is 0.778. The minimum atomic E-state index is 0.209. The largest absolute Gasteiger partial charge is 0.345 e. The lowest BCUT2D eigenvalue weighted by Gasteiger charge is -2.03. The van der Waals surface area contributed by atoms with Crippen molar-refractivity contribution in [1.82, 2.24) is 0 Å². The van der Waals surface area contributed by atoms with Gasteiger partial charge in [0, 0.05) is 25.7 Å². The van der Waals surface area contributed by atoms with Gasteiger partial charge in [0.05, 0.1) is 0 Å². The van der Waals surface area contributed by atoms with Crippen LogP contribution >= 0.6 is 0 Å². The van der Waals surface area contributed by atoms with E-state index >= 15 is 0 Å². The van der Waals surface area contributed by atoms with Crippen LogP contribution < -0.4 is 0 Å². The molecule has 0 aliphatic heterocycles. The molecule has 0 saturated heterocycles. The van der Waals surface area contributed by atoms with Gasteiger partial charge in [-0.3, -0.25) is 4.79 Å². The first kappa shape index (κ1) is 20.8. The number of Topliss-reactive ketones (excluding diaryl/α,β-unsaturated/α-hetero) is 2. The number of carbonyl (C=O) groups is 2. The summed E-state index contributed by atoms with van der Waals surface area (Å²) in [6.07, 6.45) is 12.1. The normalized spacial score (nSPS) is 10.5. The summed E-state index contributed by atoms with van der Waals surface area (Å²) in [5.74, 6) is 0.980. The van der Waals surface area contributed by atoms with Gasteiger partial charge in [-0.2, -0.15) is 0 Å². The zero-order chi connectivity index (χ0) is 16.6. The fourth-order valence-corrected chi connectivity index (χ4v) is 2.39. The van der Waals surface area contributed by atoms with Crippen LogP contribution in [0.1, 0.15) is 90.4 Å². The van der Waals surface area contributed by atoms with E-state index in [9.17, 15) is 9.59 Å². The first-order valence-corrected chi connectivity index (χ1v) is 8.56. The maximum absolute atomic E-state index is 11.6. The predicted molar refractivity (Wildman–Crippen MR) is 88.6 cm³/mol. The molecule has 0 radical (unpaired) electrons. The number of carbonyl (C=O) groups excluding carboxylic acids is 2. The molecule has 0 atom stereocenters. The summed E-state index contributed by atoms with van der Waals surface area (Å²) in [5.41, 5.74) is 0. The molecule has 0 unspecified atom stereocenters. The Morgan fingerprint density at radius 3 is 1.68 bits per heavy atom. The Hall–Kier alpha value is -1.16. The summed E-state index contributed by atoms with van der Waals surface area (Å²) in [4.78, 5) is 26.4. The molecule has 0 heterocycles. The highest BCUT2D eigenvalue weighted by Crippen LogP contribution is 2.13. The molecular weight excluding hydrogens is 280 g/mol. The molecule has 22 heavy (non-hydrogen) atoms. The summed E-state index contributed by atoms with van der Waals surface area (Å²) in [7, 11) is 0. The molecule has 0 saturated carbocycles. The number of rotatable bonds is 16. The number of hydrogen-bond donors (Lipinski definition) is 1. The van der Waals surface area contributed by atoms with E-state index in [0.29, 0.717) is 37.2 Å². The van der Waals surface area contributed by atoms with E-state index in [0.717, 1.165) is 38.5 Å². The molecule has 0 amide bonds. The van der Waals surface area contributed by atoms with Crippen molar-refractivity contribution < 1.29 is 19.7 Å². The second-order valence-electron chi connectivity index (χ2n) is 6.05. The lowest BCUT2D eigenvalue weighted by atomic mass is 10.0. The zero-order valence-electron chi connectivity index (χ0n) is 14.1. The van der Waals surface area contributed by atoms with Crippen LogP contribution in [0, 0.1) is 0 Å². The van der Waals surface area contributed by atoms with Crippen molar-refractivity contribution in [2.45, 2.75) is 90.4 Å². The quantitative estimate of drug-likeness (QED) is 0.184. The van der Waals surface area contributed by atoms with Crippen LogP contribution in [0.3, 0.4) is 0 Å². The van der Waals surface area contributed by atoms with Gasteiger partial charge in [0.15, 0.2) is 0 Å². The Morgan fingerprint density at radius 1 is 0.773 bits per heavy atom. The first-order valence-electron chi connectivity index (χ1n) is 8.56. The first-order chi connectivity index (χ1) is 10.6. The van der Waals surface area contributed by atoms with Gasteiger partial charge in [-0.25, -0.2) is 5.26 Å². The minimum Gasteiger partial charge on any atom is -0.345 e. The third-order valence-corrected chi connectivity index (χ3v) is 3.77. The molecule has 0 aromatic rings. The zero-order valence-corrected chi connectivity index (χ0v) is 14.1. The van der Waals surface area contributed by atoms with Crippen LogP contribution in [-0.4, -0.2) is 16.8 Å². The Balaban J connectivity index is 3.23. The van der Waals surface area contributed by atoms with Crippen molar-refractivity contribution in [1.29, 1.82) is 0 Å². The third kappa shape index (κ3) is 15.2. The topological polar surface area (TPSA) is 63.6 Å². The Labute approximate surface area is 134 Å². The summed E-state index contributed by atoms with van der Waals surface area (Å²) in [6.45, 7) is 5.16. The fourth-order valence-electron chi connectivity index (χ4n) is 2.39. The smallest absolute Gasteiger partial charge is 0.135 e. The molecule has 128 valence electrons. The molecule has 0 aliphatic rings. The number of allylic oxidation sites excluding steroid dienone is 1. The van der Waals surface area contributed by atoms with E-state index < -0.39 is 0 Å². The van der Waals surface area contributed by atoms with E-state index in [1.54, 1.807) is 6.92 Å². The highest BCUT2D eigenvalue weighted by molar-refractivity contribution is 5.78. The second kappa shape index (κ2) is 14.8. The van der Waals surface area contributed by atoms with Crippen molar-refractivity contribution >= 4 is 11.6 Å². The lowest BCUT2D eigenvalue weighted by Crippen LogP contribution is -1.98. The van der Waals surface area contributed by atoms with Gasteiger partial charge in [-0.15, -0.1) is 0 Å². The maximum atomic E-state index is 11.6. The number of ketones is 2. The number of unbranched alkanes of at least 4 members (excludes halogenated alkanes) is 7. The van der Waals surface area contributed by atoms with E-state index in [1.165, 1.54) is 19.3 Å². The number of hydrogen-bond acceptors (Lipinski definition) is 4. The van der Waals surface area contributed by atoms with Gasteiger partial charge in [-0.1, -0.05) is 38.7 Å². The molecule has 0 spiro atoms. The van der Waals surface area contributed by atoms with Crippen LogP contribution in [0.4, 0.5) is 0 Å². The molecule has 0 rings (SSSR count). The SMILES string of the molecule is C=C(CCCCCCCCCC(=O)CCCCC(C)=O)OO. The highest BCUT2D eigenvalue weighted by Gasteiger charge is 2.02. The molecule has 0 aromatic carbocycles. The lowest BCUT2D eigenvalue weighted by molar-refractivity contribution is -0.205. The third-order valence-electron chi connectivity index (χ3n) is 3.77. The Morgan fingerprint density at radius 2 is 1.18 bits per heavy atom. The van der Waals surface area contributed by atoms with Crippen molar-refractivity contribution in [3.05, 3.63) is 12.3 Å². The molecule has 0 bridgehead atoms. The minimum absolute atomic E-state index is 0.209. The van der Waals surface area contributed by atoms with E-state index in [4.69, 9.17) is 5.26 Å². The highest BCUT2D eigenvalue weighted by atomic mass is 17.1. The Kier molecular flexibility index (Phi) is 14.0. The van der Waals surface area contributed by atoms with Crippen molar-refractivity contribution in [3.8, 4) is 0 Å². The maximum Gasteiger partial charge on any atom is 0.135 e. The summed E-state index contributed by atoms with van der Waals surface area (Å²) < 4.78 is 0. The van der Waals surface area contributed by atoms with E-state index in [2.05, 4.69) is 11.5 Å². The predicted octanol–water partition coefficient (Wildman–Crippen LogP) is 5.22. The van der Waals surface area contributed by atoms with E-state index in [1.807, 2.05) is 0 Å². The van der Waals surface area contributed by atoms with Gasteiger partial charge < -0.3 is 9.68 Å². The van der Waals surface area contributed by atoms with Crippen molar-refractivity contribution in [2.24, 2.45) is 0 Å². The van der Waals surface area contributed by atoms with Crippen LogP contribution in [-0.2, 0) is 14.5 Å². The van der Waals surface area contributed by atoms with Crippen LogP contribution in [0.15, 0.2) is 12.3 Å². The molecule has 1 N–H and O–H groups in total. The standard InChI is InChI=1S/C18H32O4/c1-16(19)12-10-11-15-18(20)14-9-7-5-3-4-6-8-13-17(2)22-21/h21H,2-15H2,1H3. The van der Waals surface area contributed by atoms with Crippen LogP contribution in [0.25, 0.3) is 0 Å².